The number of nitrogens with two attached hydrogens (primary N) is 1. The van der Waals surface area contributed by atoms with E-state index < -0.39 is 11.0 Å². The number of carbonyl (C=O) groups excluding carboxylic acids is 1. The van der Waals surface area contributed by atoms with Crippen LogP contribution < -0.4 is 5.73 Å². The Labute approximate surface area is 107 Å². The molecule has 0 radical (unpaired) electrons. The molecule has 0 heterocycles. The fraction of sp³-hybridized carbons (Fsp3) is 0.933. The van der Waals surface area contributed by atoms with Gasteiger partial charge in [-0.1, -0.05) is 52.9 Å². The summed E-state index contributed by atoms with van der Waals surface area (Å²) in [5.41, 5.74) is 5.20. The van der Waals surface area contributed by atoms with E-state index in [2.05, 4.69) is 6.92 Å². The van der Waals surface area contributed by atoms with E-state index in [-0.39, 0.29) is 0 Å². The van der Waals surface area contributed by atoms with E-state index in [9.17, 15) is 4.79 Å². The number of carbonyl (C=O) groups is 1. The Hall–Kier alpha value is -0.370. The highest BCUT2D eigenvalue weighted by Crippen LogP contribution is 2.31. The van der Waals surface area contributed by atoms with Crippen molar-refractivity contribution >= 4 is 5.78 Å². The normalized spacial score (nSPS) is 12.8. The predicted molar refractivity (Wildman–Crippen MR) is 75.0 cm³/mol. The lowest BCUT2D eigenvalue weighted by Gasteiger charge is -2.37. The van der Waals surface area contributed by atoms with Gasteiger partial charge in [0, 0.05) is 17.4 Å². The Morgan fingerprint density at radius 1 is 0.941 bits per heavy atom. The average Bonchev–Trinajstić information content (AvgIpc) is 2.21. The van der Waals surface area contributed by atoms with Crippen molar-refractivity contribution in [3.8, 4) is 0 Å². The SMILES string of the molecule is CCCCCCCCC(=O)C(C)(C)C(C)(C)N. The number of ketones is 1. The molecule has 0 aliphatic rings. The van der Waals surface area contributed by atoms with Crippen molar-refractivity contribution in [1.29, 1.82) is 0 Å². The fourth-order valence-corrected chi connectivity index (χ4v) is 1.74. The van der Waals surface area contributed by atoms with E-state index in [0.29, 0.717) is 12.2 Å². The van der Waals surface area contributed by atoms with E-state index in [4.69, 9.17) is 5.73 Å². The van der Waals surface area contributed by atoms with Gasteiger partial charge in [0.05, 0.1) is 0 Å². The van der Waals surface area contributed by atoms with Gasteiger partial charge in [-0.05, 0) is 20.3 Å². The summed E-state index contributed by atoms with van der Waals surface area (Å²) in [5, 5.41) is 0. The van der Waals surface area contributed by atoms with Crippen LogP contribution >= 0.6 is 0 Å². The first kappa shape index (κ1) is 16.6. The molecule has 0 bridgehead atoms. The summed E-state index contributed by atoms with van der Waals surface area (Å²) in [5.74, 6) is 0.306. The minimum Gasteiger partial charge on any atom is -0.325 e. The van der Waals surface area contributed by atoms with Crippen molar-refractivity contribution in [3.63, 3.8) is 0 Å². The molecule has 102 valence electrons. The zero-order chi connectivity index (χ0) is 13.5. The molecule has 0 aromatic carbocycles. The van der Waals surface area contributed by atoms with Crippen LogP contribution in [-0.4, -0.2) is 11.3 Å². The van der Waals surface area contributed by atoms with Gasteiger partial charge in [0.25, 0.3) is 0 Å². The lowest BCUT2D eigenvalue weighted by atomic mass is 9.71. The van der Waals surface area contributed by atoms with E-state index >= 15 is 0 Å². The lowest BCUT2D eigenvalue weighted by molar-refractivity contribution is -0.130. The summed E-state index contributed by atoms with van der Waals surface area (Å²) in [6.45, 7) is 10.0. The zero-order valence-corrected chi connectivity index (χ0v) is 12.4. The van der Waals surface area contributed by atoms with Crippen molar-refractivity contribution in [2.45, 2.75) is 85.1 Å². The topological polar surface area (TPSA) is 43.1 Å². The maximum Gasteiger partial charge on any atom is 0.140 e. The van der Waals surface area contributed by atoms with Crippen molar-refractivity contribution in [3.05, 3.63) is 0 Å². The second-order valence-electron chi connectivity index (χ2n) is 6.29. The smallest absolute Gasteiger partial charge is 0.140 e. The molecule has 0 aromatic heterocycles. The second-order valence-corrected chi connectivity index (χ2v) is 6.29. The molecule has 17 heavy (non-hydrogen) atoms. The summed E-state index contributed by atoms with van der Waals surface area (Å²) >= 11 is 0. The van der Waals surface area contributed by atoms with Crippen LogP contribution in [0.25, 0.3) is 0 Å². The quantitative estimate of drug-likeness (QED) is 0.618. The van der Waals surface area contributed by atoms with Crippen LogP contribution in [0.15, 0.2) is 0 Å². The number of hydrogen-bond donors (Lipinski definition) is 1. The van der Waals surface area contributed by atoms with Crippen LogP contribution in [0.4, 0.5) is 0 Å². The van der Waals surface area contributed by atoms with Gasteiger partial charge in [0.15, 0.2) is 0 Å². The largest absolute Gasteiger partial charge is 0.325 e. The molecule has 2 N–H and O–H groups in total. The minimum atomic E-state index is -0.438. The van der Waals surface area contributed by atoms with Crippen LogP contribution in [0.2, 0.25) is 0 Å². The second kappa shape index (κ2) is 7.15. The molecule has 0 spiro atoms. The Kier molecular flexibility index (Phi) is 6.99. The first-order valence-electron chi connectivity index (χ1n) is 7.05. The van der Waals surface area contributed by atoms with Crippen LogP contribution in [0.3, 0.4) is 0 Å². The third-order valence-electron chi connectivity index (χ3n) is 4.07. The van der Waals surface area contributed by atoms with Gasteiger partial charge in [-0.15, -0.1) is 0 Å². The van der Waals surface area contributed by atoms with Crippen LogP contribution in [0.5, 0.6) is 0 Å². The molecule has 0 amide bonds. The Balaban J connectivity index is 3.87. The summed E-state index contributed by atoms with van der Waals surface area (Å²) < 4.78 is 0. The predicted octanol–water partition coefficient (Wildman–Crippen LogP) is 4.07. The lowest BCUT2D eigenvalue weighted by Crippen LogP contribution is -2.51. The van der Waals surface area contributed by atoms with Gasteiger partial charge in [-0.2, -0.15) is 0 Å². The monoisotopic (exact) mass is 241 g/mol. The number of hydrogen-bond acceptors (Lipinski definition) is 2. The molecule has 0 fully saturated rings. The summed E-state index contributed by atoms with van der Waals surface area (Å²) in [6, 6.07) is 0. The van der Waals surface area contributed by atoms with E-state index in [1.165, 1.54) is 32.1 Å². The van der Waals surface area contributed by atoms with Crippen molar-refractivity contribution in [1.82, 2.24) is 0 Å². The van der Waals surface area contributed by atoms with E-state index in [1.807, 2.05) is 27.7 Å². The molecule has 0 saturated carbocycles. The molecular formula is C15H31NO. The van der Waals surface area contributed by atoms with Crippen LogP contribution in [0, 0.1) is 5.41 Å². The van der Waals surface area contributed by atoms with Gasteiger partial charge in [0.1, 0.15) is 5.78 Å². The molecule has 2 nitrogen and oxygen atoms in total. The Morgan fingerprint density at radius 3 is 1.88 bits per heavy atom. The molecule has 0 aliphatic carbocycles. The summed E-state index contributed by atoms with van der Waals surface area (Å²) in [4.78, 5) is 12.1. The molecular weight excluding hydrogens is 210 g/mol. The molecule has 0 aliphatic heterocycles. The molecule has 0 saturated heterocycles. The summed E-state index contributed by atoms with van der Waals surface area (Å²) in [6.07, 6.45) is 8.02. The maximum absolute atomic E-state index is 12.1. The third kappa shape index (κ3) is 5.67. The highest BCUT2D eigenvalue weighted by molar-refractivity contribution is 5.85. The highest BCUT2D eigenvalue weighted by atomic mass is 16.1. The third-order valence-corrected chi connectivity index (χ3v) is 4.07. The average molecular weight is 241 g/mol. The number of rotatable bonds is 9. The Bertz CT molecular complexity index is 226. The maximum atomic E-state index is 12.1. The molecule has 0 rings (SSSR count). The fourth-order valence-electron chi connectivity index (χ4n) is 1.74. The highest BCUT2D eigenvalue weighted by Gasteiger charge is 2.39. The van der Waals surface area contributed by atoms with Gasteiger partial charge in [0.2, 0.25) is 0 Å². The van der Waals surface area contributed by atoms with Gasteiger partial charge in [-0.25, -0.2) is 0 Å². The van der Waals surface area contributed by atoms with Gasteiger partial charge in [-0.3, -0.25) is 4.79 Å². The molecule has 0 unspecified atom stereocenters. The van der Waals surface area contributed by atoms with E-state index in [0.717, 1.165) is 6.42 Å². The van der Waals surface area contributed by atoms with Crippen molar-refractivity contribution < 1.29 is 4.79 Å². The van der Waals surface area contributed by atoms with Gasteiger partial charge < -0.3 is 5.73 Å². The number of unbranched alkanes of at least 4 members (excludes halogenated alkanes) is 5. The molecule has 0 aromatic rings. The standard InChI is InChI=1S/C15H31NO/c1-6-7-8-9-10-11-12-13(17)14(2,3)15(4,5)16/h6-12,16H2,1-5H3. The van der Waals surface area contributed by atoms with E-state index in [1.54, 1.807) is 0 Å². The van der Waals surface area contributed by atoms with Gasteiger partial charge >= 0.3 is 0 Å². The van der Waals surface area contributed by atoms with Crippen molar-refractivity contribution in [2.24, 2.45) is 11.1 Å². The zero-order valence-electron chi connectivity index (χ0n) is 12.4. The van der Waals surface area contributed by atoms with Crippen LogP contribution in [-0.2, 0) is 4.79 Å². The molecule has 0 atom stereocenters. The summed E-state index contributed by atoms with van der Waals surface area (Å²) in [7, 11) is 0. The van der Waals surface area contributed by atoms with Crippen molar-refractivity contribution in [2.75, 3.05) is 0 Å². The number of Topliss-reactive ketones (excluding diaryl/α,β-unsaturated/α-hetero) is 1. The van der Waals surface area contributed by atoms with Crippen LogP contribution in [0.1, 0.15) is 79.6 Å². The Morgan fingerprint density at radius 2 is 1.41 bits per heavy atom. The first-order chi connectivity index (χ1) is 7.73. The minimum absolute atomic E-state index is 0.306. The first-order valence-corrected chi connectivity index (χ1v) is 7.05. The molecule has 2 heteroatoms.